The molecule has 3 atom stereocenters. The van der Waals surface area contributed by atoms with Crippen LogP contribution in [0.2, 0.25) is 0 Å². The fraction of sp³-hybridized carbons (Fsp3) is 0.812. The molecule has 0 radical (unpaired) electrons. The number of amides is 1. The van der Waals surface area contributed by atoms with Crippen LogP contribution in [0.4, 0.5) is 0 Å². The second-order valence-electron chi connectivity index (χ2n) is 6.54. The number of nitrogens with one attached hydrogen (secondary N) is 1. The van der Waals surface area contributed by atoms with Crippen LogP contribution in [0.25, 0.3) is 0 Å². The third kappa shape index (κ3) is 4.99. The van der Waals surface area contributed by atoms with E-state index in [4.69, 9.17) is 4.74 Å². The normalized spacial score (nSPS) is 24.8. The number of fused-ring (bicyclic) bond motifs is 2. The van der Waals surface area contributed by atoms with Crippen molar-refractivity contribution in [2.45, 2.75) is 52.0 Å². The lowest BCUT2D eigenvalue weighted by Crippen LogP contribution is -2.46. The average molecular weight is 339 g/mol. The predicted molar refractivity (Wildman–Crippen MR) is 89.2 cm³/mol. The highest BCUT2D eigenvalue weighted by molar-refractivity contribution is 5.76. The van der Waals surface area contributed by atoms with Crippen molar-refractivity contribution in [1.82, 2.24) is 25.2 Å². The van der Waals surface area contributed by atoms with Crippen molar-refractivity contribution in [3.8, 4) is 0 Å². The molecule has 1 aliphatic rings. The van der Waals surface area contributed by atoms with Gasteiger partial charge >= 0.3 is 0 Å². The third-order valence-electron chi connectivity index (χ3n) is 4.45. The van der Waals surface area contributed by atoms with Gasteiger partial charge in [0.15, 0.2) is 0 Å². The number of hydrogen-bond donors (Lipinski definition) is 2. The molecule has 0 saturated carbocycles. The Morgan fingerprint density at radius 2 is 2.33 bits per heavy atom. The van der Waals surface area contributed by atoms with E-state index in [1.807, 2.05) is 20.2 Å². The maximum atomic E-state index is 12.6. The van der Waals surface area contributed by atoms with Gasteiger partial charge in [0.2, 0.25) is 5.91 Å². The van der Waals surface area contributed by atoms with E-state index in [1.54, 1.807) is 9.58 Å². The summed E-state index contributed by atoms with van der Waals surface area (Å²) < 4.78 is 7.77. The molecular weight excluding hydrogens is 310 g/mol. The summed E-state index contributed by atoms with van der Waals surface area (Å²) in [6, 6.07) is -0.197. The quantitative estimate of drug-likeness (QED) is 0.804. The standard InChI is InChI=1S/C16H29N5O3/c1-12-8-21(13(2)10-22)16(23)5-4-6-20-9-14(18-19-20)11-24-15(12)7-17-3/h9,12-13,15,17,22H,4-8,10-11H2,1-3H3/t12-,13-,15-/m1/s1. The molecule has 2 bridgehead atoms. The number of aromatic nitrogens is 3. The summed E-state index contributed by atoms with van der Waals surface area (Å²) in [5.41, 5.74) is 0.800. The predicted octanol–water partition coefficient (Wildman–Crippen LogP) is 0.0220. The number of carbonyl (C=O) groups excluding carboxylic acids is 1. The number of aliphatic hydroxyl groups is 1. The van der Waals surface area contributed by atoms with Gasteiger partial charge in [-0.15, -0.1) is 5.10 Å². The van der Waals surface area contributed by atoms with Crippen molar-refractivity contribution in [3.63, 3.8) is 0 Å². The van der Waals surface area contributed by atoms with E-state index < -0.39 is 0 Å². The van der Waals surface area contributed by atoms with Gasteiger partial charge in [0, 0.05) is 32.0 Å². The molecular formula is C16H29N5O3. The van der Waals surface area contributed by atoms with Gasteiger partial charge in [0.05, 0.1) is 31.6 Å². The van der Waals surface area contributed by atoms with Crippen LogP contribution < -0.4 is 5.32 Å². The van der Waals surface area contributed by atoms with Gasteiger partial charge in [-0.1, -0.05) is 12.1 Å². The number of hydrogen-bond acceptors (Lipinski definition) is 6. The van der Waals surface area contributed by atoms with E-state index >= 15 is 0 Å². The zero-order valence-corrected chi connectivity index (χ0v) is 14.8. The van der Waals surface area contributed by atoms with Gasteiger partial charge in [-0.05, 0) is 20.4 Å². The van der Waals surface area contributed by atoms with Crippen LogP contribution in [0.15, 0.2) is 6.20 Å². The Balaban J connectivity index is 2.18. The van der Waals surface area contributed by atoms with Gasteiger partial charge in [0.1, 0.15) is 5.69 Å². The van der Waals surface area contributed by atoms with E-state index in [9.17, 15) is 9.90 Å². The highest BCUT2D eigenvalue weighted by atomic mass is 16.5. The van der Waals surface area contributed by atoms with Gasteiger partial charge in [0.25, 0.3) is 0 Å². The molecule has 136 valence electrons. The summed E-state index contributed by atoms with van der Waals surface area (Å²) in [6.07, 6.45) is 2.95. The zero-order valence-electron chi connectivity index (χ0n) is 14.8. The molecule has 8 nitrogen and oxygen atoms in total. The number of ether oxygens (including phenoxy) is 1. The number of aryl methyl sites for hydroxylation is 1. The molecule has 0 aromatic carbocycles. The monoisotopic (exact) mass is 339 g/mol. The summed E-state index contributed by atoms with van der Waals surface area (Å²) in [7, 11) is 1.88. The lowest BCUT2D eigenvalue weighted by molar-refractivity contribution is -0.136. The molecule has 2 N–H and O–H groups in total. The minimum atomic E-state index is -0.197. The Labute approximate surface area is 143 Å². The molecule has 0 unspecified atom stereocenters. The van der Waals surface area contributed by atoms with Crippen LogP contribution in [0.3, 0.4) is 0 Å². The van der Waals surface area contributed by atoms with Crippen LogP contribution in [0.5, 0.6) is 0 Å². The zero-order chi connectivity index (χ0) is 17.5. The first-order valence-electron chi connectivity index (χ1n) is 8.60. The first-order chi connectivity index (χ1) is 11.5. The van der Waals surface area contributed by atoms with Crippen LogP contribution in [0, 0.1) is 5.92 Å². The second kappa shape index (κ2) is 9.10. The summed E-state index contributed by atoms with van der Waals surface area (Å²) in [5, 5.41) is 20.8. The topological polar surface area (TPSA) is 92.5 Å². The molecule has 0 aliphatic carbocycles. The Morgan fingerprint density at radius 3 is 3.04 bits per heavy atom. The van der Waals surface area contributed by atoms with E-state index in [2.05, 4.69) is 22.6 Å². The van der Waals surface area contributed by atoms with Crippen LogP contribution in [-0.4, -0.2) is 69.8 Å². The minimum Gasteiger partial charge on any atom is -0.394 e. The van der Waals surface area contributed by atoms with Gasteiger partial charge < -0.3 is 20.1 Å². The van der Waals surface area contributed by atoms with Crippen molar-refractivity contribution in [1.29, 1.82) is 0 Å². The molecule has 24 heavy (non-hydrogen) atoms. The highest BCUT2D eigenvalue weighted by Gasteiger charge is 2.26. The Bertz CT molecular complexity index is 522. The van der Waals surface area contributed by atoms with Crippen molar-refractivity contribution < 1.29 is 14.6 Å². The second-order valence-corrected chi connectivity index (χ2v) is 6.54. The molecule has 1 aliphatic heterocycles. The Morgan fingerprint density at radius 1 is 1.54 bits per heavy atom. The van der Waals surface area contributed by atoms with Gasteiger partial charge in [-0.2, -0.15) is 0 Å². The molecule has 0 saturated heterocycles. The Hall–Kier alpha value is -1.51. The number of carbonyl (C=O) groups is 1. The van der Waals surface area contributed by atoms with Crippen molar-refractivity contribution >= 4 is 5.91 Å². The summed E-state index contributed by atoms with van der Waals surface area (Å²) in [5.74, 6) is 0.192. The minimum absolute atomic E-state index is 0.0396. The molecule has 2 heterocycles. The first kappa shape index (κ1) is 18.8. The van der Waals surface area contributed by atoms with E-state index in [1.165, 1.54) is 0 Å². The van der Waals surface area contributed by atoms with E-state index in [0.717, 1.165) is 5.69 Å². The van der Waals surface area contributed by atoms with Gasteiger partial charge in [-0.3, -0.25) is 9.48 Å². The maximum Gasteiger partial charge on any atom is 0.222 e. The number of rotatable bonds is 4. The molecule has 2 rings (SSSR count). The molecule has 8 heteroatoms. The summed E-state index contributed by atoms with van der Waals surface area (Å²) in [4.78, 5) is 14.4. The number of likely N-dealkylation sites (N-methyl/N-ethyl adjacent to an activating group) is 1. The van der Waals surface area contributed by atoms with Crippen molar-refractivity contribution in [2.24, 2.45) is 5.92 Å². The largest absolute Gasteiger partial charge is 0.394 e. The van der Waals surface area contributed by atoms with Gasteiger partial charge in [-0.25, -0.2) is 0 Å². The number of aliphatic hydroxyl groups excluding tert-OH is 1. The molecule has 0 fully saturated rings. The molecule has 1 aromatic heterocycles. The third-order valence-corrected chi connectivity index (χ3v) is 4.45. The van der Waals surface area contributed by atoms with Crippen molar-refractivity contribution in [2.75, 3.05) is 26.7 Å². The van der Waals surface area contributed by atoms with Crippen LogP contribution in [0.1, 0.15) is 32.4 Å². The SMILES string of the molecule is CNC[C@H]1OCc2cn(nn2)CCCC(=O)N([C@H](C)CO)C[C@H]1C. The van der Waals surface area contributed by atoms with Crippen LogP contribution in [-0.2, 0) is 22.7 Å². The average Bonchev–Trinajstić information content (AvgIpc) is 3.02. The lowest BCUT2D eigenvalue weighted by Gasteiger charge is -2.33. The highest BCUT2D eigenvalue weighted by Crippen LogP contribution is 2.16. The van der Waals surface area contributed by atoms with E-state index in [-0.39, 0.29) is 30.6 Å². The molecule has 0 spiro atoms. The maximum absolute atomic E-state index is 12.6. The fourth-order valence-electron chi connectivity index (χ4n) is 2.92. The number of nitrogens with zero attached hydrogens (tertiary/aromatic N) is 4. The smallest absolute Gasteiger partial charge is 0.222 e. The first-order valence-corrected chi connectivity index (χ1v) is 8.60. The molecule has 1 amide bonds. The lowest BCUT2D eigenvalue weighted by atomic mass is 10.0. The summed E-state index contributed by atoms with van der Waals surface area (Å²) >= 11 is 0. The Kier molecular flexibility index (Phi) is 7.14. The fourth-order valence-corrected chi connectivity index (χ4v) is 2.92. The molecule has 1 aromatic rings. The van der Waals surface area contributed by atoms with Crippen LogP contribution >= 0.6 is 0 Å². The summed E-state index contributed by atoms with van der Waals surface area (Å²) in [6.45, 7) is 6.21. The van der Waals surface area contributed by atoms with Crippen molar-refractivity contribution in [3.05, 3.63) is 11.9 Å². The van der Waals surface area contributed by atoms with E-state index in [0.29, 0.717) is 39.1 Å².